The molecule has 0 aliphatic carbocycles. The number of ether oxygens (including phenoxy) is 1. The molecule has 142 valence electrons. The van der Waals surface area contributed by atoms with Crippen molar-refractivity contribution in [3.63, 3.8) is 0 Å². The Balaban J connectivity index is 1.98. The quantitative estimate of drug-likeness (QED) is 0.501. The number of hydrogen-bond acceptors (Lipinski definition) is 4. The molecule has 2 aromatic rings. The Kier molecular flexibility index (Phi) is 7.84. The zero-order valence-corrected chi connectivity index (χ0v) is 15.6. The summed E-state index contributed by atoms with van der Waals surface area (Å²) in [6.45, 7) is 1.03. The third kappa shape index (κ3) is 6.43. The van der Waals surface area contributed by atoms with Crippen molar-refractivity contribution in [1.29, 1.82) is 0 Å². The number of benzene rings is 2. The summed E-state index contributed by atoms with van der Waals surface area (Å²) >= 11 is 5.14. The highest BCUT2D eigenvalue weighted by Gasteiger charge is 2.13. The monoisotopic (exact) mass is 389 g/mol. The van der Waals surface area contributed by atoms with Crippen LogP contribution in [-0.2, 0) is 4.74 Å². The van der Waals surface area contributed by atoms with Gasteiger partial charge >= 0.3 is 0 Å². The number of amides is 2. The van der Waals surface area contributed by atoms with E-state index in [1.807, 2.05) is 0 Å². The Hall–Kier alpha value is -2.84. The Morgan fingerprint density at radius 1 is 1.07 bits per heavy atom. The van der Waals surface area contributed by atoms with Gasteiger partial charge in [-0.1, -0.05) is 12.1 Å². The molecule has 2 rings (SSSR count). The number of rotatable bonds is 7. The van der Waals surface area contributed by atoms with Gasteiger partial charge in [-0.3, -0.25) is 14.9 Å². The van der Waals surface area contributed by atoms with Crippen LogP contribution in [0.4, 0.5) is 10.1 Å². The van der Waals surface area contributed by atoms with E-state index in [9.17, 15) is 14.0 Å². The summed E-state index contributed by atoms with van der Waals surface area (Å²) < 4.78 is 17.9. The number of hydrogen-bond donors (Lipinski definition) is 3. The molecule has 2 aromatic carbocycles. The first-order chi connectivity index (χ1) is 13.0. The first kappa shape index (κ1) is 20.5. The van der Waals surface area contributed by atoms with Crippen LogP contribution in [-0.4, -0.2) is 37.2 Å². The van der Waals surface area contributed by atoms with E-state index in [4.69, 9.17) is 17.0 Å². The Labute approximate surface area is 162 Å². The number of thiocarbonyl (C=S) groups is 1. The van der Waals surface area contributed by atoms with E-state index in [0.29, 0.717) is 30.8 Å². The second kappa shape index (κ2) is 10.3. The van der Waals surface area contributed by atoms with Crippen molar-refractivity contribution < 1.29 is 18.7 Å². The molecule has 0 atom stereocenters. The van der Waals surface area contributed by atoms with Gasteiger partial charge in [-0.25, -0.2) is 4.39 Å². The number of halogens is 1. The molecule has 6 nitrogen and oxygen atoms in total. The van der Waals surface area contributed by atoms with E-state index in [1.165, 1.54) is 24.3 Å². The molecule has 27 heavy (non-hydrogen) atoms. The number of carbonyl (C=O) groups is 2. The summed E-state index contributed by atoms with van der Waals surface area (Å²) in [5.74, 6) is -1.17. The minimum Gasteiger partial charge on any atom is -0.385 e. The highest BCUT2D eigenvalue weighted by atomic mass is 32.1. The zero-order valence-electron chi connectivity index (χ0n) is 14.8. The molecule has 2 amide bonds. The maximum Gasteiger partial charge on any atom is 0.257 e. The summed E-state index contributed by atoms with van der Waals surface area (Å²) in [6, 6.07) is 11.9. The van der Waals surface area contributed by atoms with Crippen molar-refractivity contribution in [2.24, 2.45) is 0 Å². The van der Waals surface area contributed by atoms with Crippen LogP contribution in [0.2, 0.25) is 0 Å². The fourth-order valence-electron chi connectivity index (χ4n) is 2.23. The van der Waals surface area contributed by atoms with Gasteiger partial charge in [0.2, 0.25) is 0 Å². The van der Waals surface area contributed by atoms with Crippen LogP contribution in [0.15, 0.2) is 48.5 Å². The lowest BCUT2D eigenvalue weighted by atomic mass is 10.1. The Bertz CT molecular complexity index is 812. The summed E-state index contributed by atoms with van der Waals surface area (Å²) in [4.78, 5) is 24.5. The molecule has 0 unspecified atom stereocenters. The van der Waals surface area contributed by atoms with Gasteiger partial charge in [-0.15, -0.1) is 0 Å². The van der Waals surface area contributed by atoms with Crippen LogP contribution in [0.5, 0.6) is 0 Å². The molecule has 0 heterocycles. The summed E-state index contributed by atoms with van der Waals surface area (Å²) in [5, 5.41) is 8.17. The Morgan fingerprint density at radius 3 is 2.48 bits per heavy atom. The highest BCUT2D eigenvalue weighted by molar-refractivity contribution is 7.80. The standard InChI is InChI=1S/C19H20FN3O3S/c1-26-12-4-11-21-18(25)15-5-2-3-6-16(15)22-19(27)23-17(24)13-7-9-14(20)10-8-13/h2-3,5-10H,4,11-12H2,1H3,(H,21,25)(H2,22,23,24,27). The molecule has 0 saturated heterocycles. The minimum atomic E-state index is -0.478. The molecule has 0 saturated carbocycles. The first-order valence-corrected chi connectivity index (χ1v) is 8.66. The van der Waals surface area contributed by atoms with E-state index < -0.39 is 11.7 Å². The molecule has 0 radical (unpaired) electrons. The normalized spacial score (nSPS) is 10.1. The fourth-order valence-corrected chi connectivity index (χ4v) is 2.44. The molecule has 0 aliphatic heterocycles. The summed E-state index contributed by atoms with van der Waals surface area (Å²) in [7, 11) is 1.60. The highest BCUT2D eigenvalue weighted by Crippen LogP contribution is 2.15. The lowest BCUT2D eigenvalue weighted by Crippen LogP contribution is -2.35. The van der Waals surface area contributed by atoms with Crippen molar-refractivity contribution in [3.05, 3.63) is 65.5 Å². The largest absolute Gasteiger partial charge is 0.385 e. The van der Waals surface area contributed by atoms with Crippen LogP contribution in [0, 0.1) is 5.82 Å². The van der Waals surface area contributed by atoms with Gasteiger partial charge in [0, 0.05) is 25.8 Å². The maximum atomic E-state index is 12.9. The third-order valence-electron chi connectivity index (χ3n) is 3.56. The van der Waals surface area contributed by atoms with E-state index in [-0.39, 0.29) is 16.6 Å². The Morgan fingerprint density at radius 2 is 1.78 bits per heavy atom. The number of carbonyl (C=O) groups excluding carboxylic acids is 2. The number of para-hydroxylation sites is 1. The van der Waals surface area contributed by atoms with E-state index in [2.05, 4.69) is 16.0 Å². The van der Waals surface area contributed by atoms with Crippen LogP contribution in [0.3, 0.4) is 0 Å². The molecule has 0 aromatic heterocycles. The average molecular weight is 389 g/mol. The van der Waals surface area contributed by atoms with Crippen molar-refractivity contribution >= 4 is 34.8 Å². The first-order valence-electron chi connectivity index (χ1n) is 8.25. The lowest BCUT2D eigenvalue weighted by Gasteiger charge is -2.13. The van der Waals surface area contributed by atoms with Crippen LogP contribution >= 0.6 is 12.2 Å². The molecule has 0 aliphatic rings. The van der Waals surface area contributed by atoms with E-state index >= 15 is 0 Å². The number of methoxy groups -OCH3 is 1. The summed E-state index contributed by atoms with van der Waals surface area (Å²) in [6.07, 6.45) is 0.698. The van der Waals surface area contributed by atoms with Crippen molar-refractivity contribution in [2.45, 2.75) is 6.42 Å². The smallest absolute Gasteiger partial charge is 0.257 e. The molecule has 8 heteroatoms. The van der Waals surface area contributed by atoms with E-state index in [1.54, 1.807) is 31.4 Å². The van der Waals surface area contributed by atoms with Crippen LogP contribution < -0.4 is 16.0 Å². The topological polar surface area (TPSA) is 79.5 Å². The van der Waals surface area contributed by atoms with Gasteiger partial charge in [-0.05, 0) is 55.0 Å². The molecule has 0 bridgehead atoms. The van der Waals surface area contributed by atoms with Gasteiger partial charge in [0.05, 0.1) is 11.3 Å². The second-order valence-electron chi connectivity index (χ2n) is 5.56. The molecular formula is C19H20FN3O3S. The number of nitrogens with one attached hydrogen (secondary N) is 3. The molecule has 3 N–H and O–H groups in total. The maximum absolute atomic E-state index is 12.9. The average Bonchev–Trinajstić information content (AvgIpc) is 2.66. The van der Waals surface area contributed by atoms with Gasteiger partial charge < -0.3 is 15.4 Å². The van der Waals surface area contributed by atoms with Gasteiger partial charge in [0.25, 0.3) is 11.8 Å². The van der Waals surface area contributed by atoms with Crippen LogP contribution in [0.1, 0.15) is 27.1 Å². The van der Waals surface area contributed by atoms with Gasteiger partial charge in [0.15, 0.2) is 5.11 Å². The second-order valence-corrected chi connectivity index (χ2v) is 5.97. The van der Waals surface area contributed by atoms with Gasteiger partial charge in [-0.2, -0.15) is 0 Å². The van der Waals surface area contributed by atoms with E-state index in [0.717, 1.165) is 0 Å². The SMILES string of the molecule is COCCCNC(=O)c1ccccc1NC(=S)NC(=O)c1ccc(F)cc1. The lowest BCUT2D eigenvalue weighted by molar-refractivity contribution is 0.0947. The molecule has 0 fully saturated rings. The van der Waals surface area contributed by atoms with Crippen molar-refractivity contribution in [3.8, 4) is 0 Å². The van der Waals surface area contributed by atoms with Gasteiger partial charge in [0.1, 0.15) is 5.82 Å². The van der Waals surface area contributed by atoms with Crippen molar-refractivity contribution in [2.75, 3.05) is 25.6 Å². The van der Waals surface area contributed by atoms with Crippen molar-refractivity contribution in [1.82, 2.24) is 10.6 Å². The third-order valence-corrected chi connectivity index (χ3v) is 3.77. The van der Waals surface area contributed by atoms with Crippen LogP contribution in [0.25, 0.3) is 0 Å². The predicted molar refractivity (Wildman–Crippen MR) is 105 cm³/mol. The molecule has 0 spiro atoms. The summed E-state index contributed by atoms with van der Waals surface area (Å²) in [5.41, 5.74) is 1.13. The fraction of sp³-hybridized carbons (Fsp3) is 0.211. The number of anilines is 1. The predicted octanol–water partition coefficient (Wildman–Crippen LogP) is 2.72. The zero-order chi connectivity index (χ0) is 19.6. The molecular weight excluding hydrogens is 369 g/mol. The minimum absolute atomic E-state index is 0.0314.